The average Bonchev–Trinajstić information content (AvgIpc) is 3.25. The van der Waals surface area contributed by atoms with Crippen LogP contribution in [0.1, 0.15) is 80.6 Å². The van der Waals surface area contributed by atoms with Gasteiger partial charge in [-0.1, -0.05) is 38.3 Å². The molecule has 1 aliphatic carbocycles. The molecule has 27 heavy (non-hydrogen) atoms. The van der Waals surface area contributed by atoms with E-state index < -0.39 is 0 Å². The van der Waals surface area contributed by atoms with E-state index in [0.717, 1.165) is 55.8 Å². The Morgan fingerprint density at radius 3 is 2.56 bits per heavy atom. The van der Waals surface area contributed by atoms with Crippen molar-refractivity contribution in [2.45, 2.75) is 71.3 Å². The number of nitrogens with one attached hydrogen (secondary N) is 1. The predicted molar refractivity (Wildman–Crippen MR) is 108 cm³/mol. The molecule has 1 aromatic carbocycles. The first-order valence-electron chi connectivity index (χ1n) is 10.8. The average molecular weight is 371 g/mol. The van der Waals surface area contributed by atoms with Crippen molar-refractivity contribution in [2.24, 2.45) is 11.8 Å². The standard InChI is InChI=1S/C23H34N2O2/c1-2-3-7-18-10-12-20(13-11-18)22(26)24-17-19-8-6-9-21(16-19)23(27)25-14-4-5-15-25/h6,8-9,16,18,20H,2-5,7,10-15,17H2,1H3,(H,24,26). The van der Waals surface area contributed by atoms with Crippen LogP contribution in [0.15, 0.2) is 24.3 Å². The molecule has 2 amide bonds. The minimum Gasteiger partial charge on any atom is -0.352 e. The van der Waals surface area contributed by atoms with Gasteiger partial charge in [0, 0.05) is 31.1 Å². The third-order valence-corrected chi connectivity index (χ3v) is 6.22. The number of likely N-dealkylation sites (tertiary alicyclic amines) is 1. The van der Waals surface area contributed by atoms with Crippen molar-refractivity contribution in [3.8, 4) is 0 Å². The molecule has 1 aromatic rings. The first kappa shape index (κ1) is 19.9. The second kappa shape index (κ2) is 9.91. The van der Waals surface area contributed by atoms with Crippen molar-refractivity contribution in [2.75, 3.05) is 13.1 Å². The van der Waals surface area contributed by atoms with E-state index in [0.29, 0.717) is 6.54 Å². The highest BCUT2D eigenvalue weighted by atomic mass is 16.2. The molecule has 1 heterocycles. The van der Waals surface area contributed by atoms with Crippen LogP contribution in [0.4, 0.5) is 0 Å². The quantitative estimate of drug-likeness (QED) is 0.766. The maximum Gasteiger partial charge on any atom is 0.253 e. The summed E-state index contributed by atoms with van der Waals surface area (Å²) in [6, 6.07) is 7.72. The van der Waals surface area contributed by atoms with Crippen LogP contribution in [0.25, 0.3) is 0 Å². The Morgan fingerprint density at radius 1 is 1.11 bits per heavy atom. The van der Waals surface area contributed by atoms with E-state index in [-0.39, 0.29) is 17.7 Å². The van der Waals surface area contributed by atoms with Gasteiger partial charge >= 0.3 is 0 Å². The van der Waals surface area contributed by atoms with E-state index in [1.807, 2.05) is 29.2 Å². The normalized spacial score (nSPS) is 22.6. The van der Waals surface area contributed by atoms with Gasteiger partial charge in [-0.25, -0.2) is 0 Å². The van der Waals surface area contributed by atoms with Crippen molar-refractivity contribution in [3.63, 3.8) is 0 Å². The first-order chi connectivity index (χ1) is 13.2. The number of hydrogen-bond donors (Lipinski definition) is 1. The van der Waals surface area contributed by atoms with Crippen LogP contribution in [0, 0.1) is 11.8 Å². The zero-order valence-electron chi connectivity index (χ0n) is 16.7. The van der Waals surface area contributed by atoms with Gasteiger partial charge in [0.05, 0.1) is 0 Å². The van der Waals surface area contributed by atoms with Crippen LogP contribution in [-0.2, 0) is 11.3 Å². The third kappa shape index (κ3) is 5.57. The Hall–Kier alpha value is -1.84. The number of nitrogens with zero attached hydrogens (tertiary/aromatic N) is 1. The molecule has 0 aromatic heterocycles. The maximum absolute atomic E-state index is 12.5. The number of carbonyl (C=O) groups excluding carboxylic acids is 2. The lowest BCUT2D eigenvalue weighted by molar-refractivity contribution is -0.126. The topological polar surface area (TPSA) is 49.4 Å². The van der Waals surface area contributed by atoms with Crippen LogP contribution >= 0.6 is 0 Å². The van der Waals surface area contributed by atoms with Gasteiger partial charge < -0.3 is 10.2 Å². The fourth-order valence-corrected chi connectivity index (χ4v) is 4.46. The number of hydrogen-bond acceptors (Lipinski definition) is 2. The number of benzene rings is 1. The number of carbonyl (C=O) groups is 2. The Kier molecular flexibility index (Phi) is 7.31. The summed E-state index contributed by atoms with van der Waals surface area (Å²) in [6.07, 6.45) is 10.5. The summed E-state index contributed by atoms with van der Waals surface area (Å²) in [5.74, 6) is 1.28. The molecule has 4 nitrogen and oxygen atoms in total. The van der Waals surface area contributed by atoms with E-state index in [1.54, 1.807) is 0 Å². The van der Waals surface area contributed by atoms with Crippen molar-refractivity contribution < 1.29 is 9.59 Å². The molecular weight excluding hydrogens is 336 g/mol. The summed E-state index contributed by atoms with van der Waals surface area (Å²) in [5, 5.41) is 3.10. The summed E-state index contributed by atoms with van der Waals surface area (Å²) < 4.78 is 0. The van der Waals surface area contributed by atoms with Gasteiger partial charge in [-0.3, -0.25) is 9.59 Å². The lowest BCUT2D eigenvalue weighted by atomic mass is 9.79. The largest absolute Gasteiger partial charge is 0.352 e. The molecule has 0 radical (unpaired) electrons. The summed E-state index contributed by atoms with van der Waals surface area (Å²) in [7, 11) is 0. The van der Waals surface area contributed by atoms with Gasteiger partial charge in [-0.2, -0.15) is 0 Å². The van der Waals surface area contributed by atoms with Gasteiger partial charge in [0.2, 0.25) is 5.91 Å². The lowest BCUT2D eigenvalue weighted by Gasteiger charge is -2.27. The molecule has 0 spiro atoms. The van der Waals surface area contributed by atoms with Gasteiger partial charge in [-0.15, -0.1) is 0 Å². The minimum absolute atomic E-state index is 0.117. The second-order valence-electron chi connectivity index (χ2n) is 8.28. The third-order valence-electron chi connectivity index (χ3n) is 6.22. The van der Waals surface area contributed by atoms with Gasteiger partial charge in [0.25, 0.3) is 5.91 Å². The Morgan fingerprint density at radius 2 is 1.85 bits per heavy atom. The van der Waals surface area contributed by atoms with Crippen LogP contribution in [-0.4, -0.2) is 29.8 Å². The molecule has 1 saturated carbocycles. The smallest absolute Gasteiger partial charge is 0.253 e. The predicted octanol–water partition coefficient (Wildman–Crippen LogP) is 4.54. The summed E-state index contributed by atoms with van der Waals surface area (Å²) in [6.45, 7) is 4.48. The number of unbranched alkanes of at least 4 members (excludes halogenated alkanes) is 1. The molecule has 1 saturated heterocycles. The summed E-state index contributed by atoms with van der Waals surface area (Å²) in [4.78, 5) is 27.0. The van der Waals surface area contributed by atoms with Crippen LogP contribution in [0.3, 0.4) is 0 Å². The summed E-state index contributed by atoms with van der Waals surface area (Å²) >= 11 is 0. The van der Waals surface area contributed by atoms with Crippen molar-refractivity contribution >= 4 is 11.8 Å². The molecular formula is C23H34N2O2. The minimum atomic E-state index is 0.117. The lowest BCUT2D eigenvalue weighted by Crippen LogP contribution is -2.33. The highest BCUT2D eigenvalue weighted by Gasteiger charge is 2.26. The zero-order chi connectivity index (χ0) is 19.1. The van der Waals surface area contributed by atoms with E-state index in [9.17, 15) is 9.59 Å². The van der Waals surface area contributed by atoms with E-state index in [2.05, 4.69) is 12.2 Å². The highest BCUT2D eigenvalue weighted by molar-refractivity contribution is 5.94. The second-order valence-corrected chi connectivity index (χ2v) is 8.28. The molecule has 1 N–H and O–H groups in total. The molecule has 2 fully saturated rings. The summed E-state index contributed by atoms with van der Waals surface area (Å²) in [5.41, 5.74) is 1.74. The van der Waals surface area contributed by atoms with Gasteiger partial charge in [-0.05, 0) is 62.1 Å². The zero-order valence-corrected chi connectivity index (χ0v) is 16.7. The first-order valence-corrected chi connectivity index (χ1v) is 10.8. The molecule has 0 unspecified atom stereocenters. The molecule has 4 heteroatoms. The monoisotopic (exact) mass is 370 g/mol. The van der Waals surface area contributed by atoms with Crippen molar-refractivity contribution in [1.82, 2.24) is 10.2 Å². The Balaban J connectivity index is 1.46. The van der Waals surface area contributed by atoms with Crippen molar-refractivity contribution in [3.05, 3.63) is 35.4 Å². The van der Waals surface area contributed by atoms with E-state index in [1.165, 1.54) is 32.1 Å². The Bertz CT molecular complexity index is 629. The number of amides is 2. The molecule has 0 bridgehead atoms. The van der Waals surface area contributed by atoms with Crippen molar-refractivity contribution in [1.29, 1.82) is 0 Å². The van der Waals surface area contributed by atoms with Gasteiger partial charge in [0.15, 0.2) is 0 Å². The van der Waals surface area contributed by atoms with Crippen LogP contribution in [0.5, 0.6) is 0 Å². The molecule has 0 atom stereocenters. The fraction of sp³-hybridized carbons (Fsp3) is 0.652. The fourth-order valence-electron chi connectivity index (χ4n) is 4.46. The number of rotatable bonds is 7. The molecule has 1 aliphatic heterocycles. The molecule has 2 aliphatic rings. The Labute approximate surface area is 163 Å². The maximum atomic E-state index is 12.5. The highest BCUT2D eigenvalue weighted by Crippen LogP contribution is 2.32. The molecule has 148 valence electrons. The van der Waals surface area contributed by atoms with Crippen LogP contribution in [0.2, 0.25) is 0 Å². The van der Waals surface area contributed by atoms with Crippen LogP contribution < -0.4 is 5.32 Å². The van der Waals surface area contributed by atoms with E-state index in [4.69, 9.17) is 0 Å². The van der Waals surface area contributed by atoms with E-state index >= 15 is 0 Å². The van der Waals surface area contributed by atoms with Gasteiger partial charge in [0.1, 0.15) is 0 Å². The molecule has 3 rings (SSSR count). The SMILES string of the molecule is CCCCC1CCC(C(=O)NCc2cccc(C(=O)N3CCCC3)c2)CC1.